The van der Waals surface area contributed by atoms with E-state index < -0.39 is 0 Å². The van der Waals surface area contributed by atoms with E-state index in [2.05, 4.69) is 27.9 Å². The molecule has 1 atom stereocenters. The van der Waals surface area contributed by atoms with Gasteiger partial charge in [-0.05, 0) is 54.1 Å². The van der Waals surface area contributed by atoms with Crippen LogP contribution in [0.1, 0.15) is 23.7 Å². The number of carbonyl (C=O) groups excluding carboxylic acids is 1. The Kier molecular flexibility index (Phi) is 5.34. The summed E-state index contributed by atoms with van der Waals surface area (Å²) in [7, 11) is 0. The van der Waals surface area contributed by atoms with Crippen molar-refractivity contribution in [2.75, 3.05) is 5.88 Å². The highest BCUT2D eigenvalue weighted by molar-refractivity contribution is 14.1. The van der Waals surface area contributed by atoms with Crippen LogP contribution in [-0.4, -0.2) is 22.9 Å². The van der Waals surface area contributed by atoms with E-state index in [-0.39, 0.29) is 17.7 Å². The average Bonchev–Trinajstić information content (AvgIpc) is 2.21. The number of halogens is 2. The maximum absolute atomic E-state index is 11.8. The molecule has 16 heavy (non-hydrogen) atoms. The normalized spacial score (nSPS) is 12.2. The minimum absolute atomic E-state index is 0.00210. The van der Waals surface area contributed by atoms with Gasteiger partial charge in [0, 0.05) is 15.5 Å². The lowest BCUT2D eigenvalue weighted by Gasteiger charge is -2.13. The van der Waals surface area contributed by atoms with Gasteiger partial charge in [-0.2, -0.15) is 0 Å². The SMILES string of the molecule is CC(CCCl)NC(=O)c1cc(I)ccc1O. The van der Waals surface area contributed by atoms with Gasteiger partial charge in [-0.15, -0.1) is 11.6 Å². The monoisotopic (exact) mass is 353 g/mol. The number of nitrogens with one attached hydrogen (secondary N) is 1. The first-order valence-corrected chi connectivity index (χ1v) is 6.51. The third-order valence-corrected chi connectivity index (χ3v) is 3.01. The highest BCUT2D eigenvalue weighted by atomic mass is 127. The van der Waals surface area contributed by atoms with Crippen LogP contribution >= 0.6 is 34.2 Å². The first kappa shape index (κ1) is 13.6. The second kappa shape index (κ2) is 6.30. The van der Waals surface area contributed by atoms with Crippen molar-refractivity contribution >= 4 is 40.1 Å². The lowest BCUT2D eigenvalue weighted by Crippen LogP contribution is -2.32. The zero-order valence-corrected chi connectivity index (χ0v) is 11.7. The molecule has 0 saturated heterocycles. The molecule has 0 fully saturated rings. The number of aromatic hydroxyl groups is 1. The minimum atomic E-state index is -0.270. The Balaban J connectivity index is 2.76. The van der Waals surface area contributed by atoms with Crippen molar-refractivity contribution in [2.24, 2.45) is 0 Å². The van der Waals surface area contributed by atoms with E-state index in [1.54, 1.807) is 12.1 Å². The maximum atomic E-state index is 11.8. The van der Waals surface area contributed by atoms with Gasteiger partial charge in [-0.3, -0.25) is 4.79 Å². The van der Waals surface area contributed by atoms with Crippen LogP contribution in [0.4, 0.5) is 0 Å². The van der Waals surface area contributed by atoms with Crippen LogP contribution in [0.15, 0.2) is 18.2 Å². The lowest BCUT2D eigenvalue weighted by molar-refractivity contribution is 0.0936. The molecule has 1 rings (SSSR count). The fourth-order valence-corrected chi connectivity index (χ4v) is 2.05. The van der Waals surface area contributed by atoms with E-state index in [1.165, 1.54) is 6.07 Å². The molecule has 0 radical (unpaired) electrons. The molecule has 5 heteroatoms. The molecule has 88 valence electrons. The van der Waals surface area contributed by atoms with E-state index in [1.807, 2.05) is 6.92 Å². The van der Waals surface area contributed by atoms with Gasteiger partial charge in [0.05, 0.1) is 5.56 Å². The predicted molar refractivity (Wildman–Crippen MR) is 73.1 cm³/mol. The van der Waals surface area contributed by atoms with Crippen molar-refractivity contribution in [1.82, 2.24) is 5.32 Å². The molecule has 0 aromatic heterocycles. The highest BCUT2D eigenvalue weighted by Gasteiger charge is 2.13. The quantitative estimate of drug-likeness (QED) is 0.646. The van der Waals surface area contributed by atoms with Gasteiger partial charge in [0.1, 0.15) is 5.75 Å². The minimum Gasteiger partial charge on any atom is -0.507 e. The van der Waals surface area contributed by atoms with E-state index in [4.69, 9.17) is 11.6 Å². The average molecular weight is 354 g/mol. The summed E-state index contributed by atoms with van der Waals surface area (Å²) in [6.07, 6.45) is 0.706. The second-order valence-corrected chi connectivity index (χ2v) is 5.14. The van der Waals surface area contributed by atoms with Gasteiger partial charge >= 0.3 is 0 Å². The summed E-state index contributed by atoms with van der Waals surface area (Å²) < 4.78 is 0.908. The third-order valence-electron chi connectivity index (χ3n) is 2.12. The largest absolute Gasteiger partial charge is 0.507 e. The first-order chi connectivity index (χ1) is 7.54. The smallest absolute Gasteiger partial charge is 0.255 e. The number of phenolic OH excluding ortho intramolecular Hbond substituents is 1. The van der Waals surface area contributed by atoms with Crippen molar-refractivity contribution in [3.8, 4) is 5.75 Å². The Morgan fingerprint density at radius 1 is 1.62 bits per heavy atom. The molecule has 1 amide bonds. The maximum Gasteiger partial charge on any atom is 0.255 e. The molecule has 3 nitrogen and oxygen atoms in total. The van der Waals surface area contributed by atoms with Crippen LogP contribution in [0.2, 0.25) is 0 Å². The number of hydrogen-bond acceptors (Lipinski definition) is 2. The number of hydrogen-bond donors (Lipinski definition) is 2. The van der Waals surface area contributed by atoms with Gasteiger partial charge in [0.2, 0.25) is 0 Å². The summed E-state index contributed by atoms with van der Waals surface area (Å²) in [6, 6.07) is 4.92. The number of rotatable bonds is 4. The standard InChI is InChI=1S/C11H13ClINO2/c1-7(4-5-12)14-11(16)9-6-8(13)2-3-10(9)15/h2-3,6-7,15H,4-5H2,1H3,(H,14,16). The van der Waals surface area contributed by atoms with Crippen LogP contribution in [0.25, 0.3) is 0 Å². The van der Waals surface area contributed by atoms with E-state index >= 15 is 0 Å². The number of amides is 1. The molecule has 0 aliphatic rings. The highest BCUT2D eigenvalue weighted by Crippen LogP contribution is 2.19. The van der Waals surface area contributed by atoms with Crippen LogP contribution in [0.5, 0.6) is 5.75 Å². The van der Waals surface area contributed by atoms with E-state index in [0.717, 1.165) is 3.57 Å². The summed E-state index contributed by atoms with van der Waals surface area (Å²) >= 11 is 7.67. The van der Waals surface area contributed by atoms with Crippen molar-refractivity contribution in [3.05, 3.63) is 27.3 Å². The fraction of sp³-hybridized carbons (Fsp3) is 0.364. The summed E-state index contributed by atoms with van der Waals surface area (Å²) in [4.78, 5) is 11.8. The molecular weight excluding hydrogens is 340 g/mol. The number of benzene rings is 1. The molecule has 1 aromatic carbocycles. The van der Waals surface area contributed by atoms with Crippen LogP contribution in [0, 0.1) is 3.57 Å². The molecule has 2 N–H and O–H groups in total. The van der Waals surface area contributed by atoms with Gasteiger partial charge in [-0.1, -0.05) is 0 Å². The molecule has 0 aliphatic carbocycles. The molecule has 1 aromatic rings. The molecule has 0 aliphatic heterocycles. The molecule has 0 spiro atoms. The first-order valence-electron chi connectivity index (χ1n) is 4.90. The van der Waals surface area contributed by atoms with E-state index in [0.29, 0.717) is 17.9 Å². The Labute approximate surface area is 113 Å². The predicted octanol–water partition coefficient (Wildman–Crippen LogP) is 2.74. The second-order valence-electron chi connectivity index (χ2n) is 3.51. The Morgan fingerprint density at radius 3 is 2.94 bits per heavy atom. The summed E-state index contributed by atoms with van der Waals surface area (Å²) in [5.74, 6) is 0.226. The fourth-order valence-electron chi connectivity index (χ4n) is 1.23. The summed E-state index contributed by atoms with van der Waals surface area (Å²) in [5.41, 5.74) is 0.299. The molecular formula is C11H13ClINO2. The van der Waals surface area contributed by atoms with Crippen molar-refractivity contribution in [2.45, 2.75) is 19.4 Å². The third kappa shape index (κ3) is 3.83. The van der Waals surface area contributed by atoms with Crippen molar-refractivity contribution < 1.29 is 9.90 Å². The molecule has 0 heterocycles. The summed E-state index contributed by atoms with van der Waals surface area (Å²) in [5, 5.41) is 12.3. The zero-order chi connectivity index (χ0) is 12.1. The van der Waals surface area contributed by atoms with Crippen LogP contribution in [-0.2, 0) is 0 Å². The van der Waals surface area contributed by atoms with Gasteiger partial charge in [0.15, 0.2) is 0 Å². The van der Waals surface area contributed by atoms with Crippen molar-refractivity contribution in [1.29, 1.82) is 0 Å². The van der Waals surface area contributed by atoms with Crippen LogP contribution in [0.3, 0.4) is 0 Å². The summed E-state index contributed by atoms with van der Waals surface area (Å²) in [6.45, 7) is 1.88. The van der Waals surface area contributed by atoms with Crippen molar-refractivity contribution in [3.63, 3.8) is 0 Å². The Hall–Kier alpha value is -0.490. The molecule has 1 unspecified atom stereocenters. The van der Waals surface area contributed by atoms with Gasteiger partial charge in [0.25, 0.3) is 5.91 Å². The number of phenols is 1. The molecule has 0 bridgehead atoms. The van der Waals surface area contributed by atoms with E-state index in [9.17, 15) is 9.90 Å². The number of carbonyl (C=O) groups is 1. The lowest BCUT2D eigenvalue weighted by atomic mass is 10.1. The Bertz CT molecular complexity index is 384. The Morgan fingerprint density at radius 2 is 2.31 bits per heavy atom. The topological polar surface area (TPSA) is 49.3 Å². The number of alkyl halides is 1. The zero-order valence-electron chi connectivity index (χ0n) is 8.84. The van der Waals surface area contributed by atoms with Gasteiger partial charge in [-0.25, -0.2) is 0 Å². The molecule has 0 saturated carbocycles. The van der Waals surface area contributed by atoms with Gasteiger partial charge < -0.3 is 10.4 Å². The van der Waals surface area contributed by atoms with Crippen LogP contribution < -0.4 is 5.32 Å².